The monoisotopic (exact) mass is 440 g/mol. The van der Waals surface area contributed by atoms with Crippen molar-refractivity contribution >= 4 is 5.91 Å². The van der Waals surface area contributed by atoms with Gasteiger partial charge in [-0.05, 0) is 62.3 Å². The largest absolute Gasteiger partial charge is 0.385 e. The van der Waals surface area contributed by atoms with Crippen LogP contribution in [0.15, 0.2) is 42.5 Å². The molecule has 0 bridgehead atoms. The molecule has 2 aromatic rings. The second-order valence-corrected chi connectivity index (χ2v) is 9.70. The predicted octanol–water partition coefficient (Wildman–Crippen LogP) is 5.02. The molecule has 1 aliphatic rings. The molecule has 4 nitrogen and oxygen atoms in total. The van der Waals surface area contributed by atoms with Crippen LogP contribution in [0.4, 0.5) is 4.39 Å². The lowest BCUT2D eigenvalue weighted by atomic mass is 9.72. The van der Waals surface area contributed by atoms with E-state index in [0.29, 0.717) is 30.6 Å². The number of piperidine rings is 1. The summed E-state index contributed by atoms with van der Waals surface area (Å²) in [6, 6.07) is 12.9. The fourth-order valence-electron chi connectivity index (χ4n) is 5.02. The van der Waals surface area contributed by atoms with Crippen molar-refractivity contribution in [2.24, 2.45) is 11.7 Å². The Morgan fingerprint density at radius 3 is 2.59 bits per heavy atom. The molecule has 0 saturated carbocycles. The van der Waals surface area contributed by atoms with Crippen molar-refractivity contribution < 1.29 is 14.3 Å². The average Bonchev–Trinajstić information content (AvgIpc) is 2.78. The average molecular weight is 441 g/mol. The maximum absolute atomic E-state index is 15.3. The van der Waals surface area contributed by atoms with E-state index in [9.17, 15) is 9.90 Å². The summed E-state index contributed by atoms with van der Waals surface area (Å²) < 4.78 is 15.3. The van der Waals surface area contributed by atoms with Crippen molar-refractivity contribution in [3.8, 4) is 11.1 Å². The lowest BCUT2D eigenvalue weighted by Gasteiger charge is -2.44. The topological polar surface area (TPSA) is 66.6 Å². The molecule has 32 heavy (non-hydrogen) atoms. The highest BCUT2D eigenvalue weighted by Gasteiger charge is 2.43. The van der Waals surface area contributed by atoms with Gasteiger partial charge in [0.2, 0.25) is 5.91 Å². The minimum Gasteiger partial charge on any atom is -0.385 e. The number of aryl methyl sites for hydroxylation is 1. The van der Waals surface area contributed by atoms with Gasteiger partial charge in [-0.1, -0.05) is 56.7 Å². The first-order chi connectivity index (χ1) is 15.1. The Morgan fingerprint density at radius 1 is 1.22 bits per heavy atom. The van der Waals surface area contributed by atoms with Crippen LogP contribution in [-0.4, -0.2) is 34.5 Å². The molecule has 2 atom stereocenters. The fraction of sp³-hybridized carbons (Fsp3) is 0.519. The van der Waals surface area contributed by atoms with Gasteiger partial charge in [-0.3, -0.25) is 4.79 Å². The van der Waals surface area contributed by atoms with Crippen LogP contribution in [-0.2, 0) is 16.8 Å². The van der Waals surface area contributed by atoms with Crippen LogP contribution in [0, 0.1) is 11.7 Å². The molecular formula is C27H37FN2O2. The maximum atomic E-state index is 15.3. The van der Waals surface area contributed by atoms with Gasteiger partial charge in [-0.25, -0.2) is 4.39 Å². The number of hydrogen-bond acceptors (Lipinski definition) is 3. The summed E-state index contributed by atoms with van der Waals surface area (Å²) in [7, 11) is 0. The molecule has 3 rings (SSSR count). The highest BCUT2D eigenvalue weighted by Crippen LogP contribution is 2.44. The molecule has 0 aromatic heterocycles. The summed E-state index contributed by atoms with van der Waals surface area (Å²) in [5.41, 5.74) is 6.84. The highest BCUT2D eigenvalue weighted by atomic mass is 19.1. The number of amides is 1. The molecule has 0 radical (unpaired) electrons. The van der Waals surface area contributed by atoms with E-state index in [0.717, 1.165) is 36.8 Å². The number of nitrogens with zero attached hydrogens (tertiary/aromatic N) is 1. The third-order valence-electron chi connectivity index (χ3n) is 6.67. The number of halogens is 1. The van der Waals surface area contributed by atoms with Crippen LogP contribution in [0.5, 0.6) is 0 Å². The first-order valence-electron chi connectivity index (χ1n) is 11.8. The molecule has 1 fully saturated rings. The van der Waals surface area contributed by atoms with Crippen LogP contribution < -0.4 is 5.73 Å². The Hall–Kier alpha value is -2.24. The molecule has 0 aliphatic carbocycles. The van der Waals surface area contributed by atoms with Gasteiger partial charge in [-0.15, -0.1) is 0 Å². The molecule has 0 spiro atoms. The zero-order valence-corrected chi connectivity index (χ0v) is 19.8. The third-order valence-corrected chi connectivity index (χ3v) is 6.67. The van der Waals surface area contributed by atoms with Gasteiger partial charge < -0.3 is 15.7 Å². The van der Waals surface area contributed by atoms with Crippen molar-refractivity contribution in [2.75, 3.05) is 13.1 Å². The van der Waals surface area contributed by atoms with Gasteiger partial charge in [0, 0.05) is 24.6 Å². The Labute approximate surface area is 191 Å². The molecule has 1 aliphatic heterocycles. The normalized spacial score (nSPS) is 19.0. The minimum atomic E-state index is -1.24. The number of nitrogens with two attached hydrogens (primary N) is 1. The maximum Gasteiger partial charge on any atom is 0.242 e. The van der Waals surface area contributed by atoms with E-state index in [4.69, 9.17) is 5.73 Å². The summed E-state index contributed by atoms with van der Waals surface area (Å²) in [6.45, 7) is 8.57. The smallest absolute Gasteiger partial charge is 0.242 e. The number of benzene rings is 2. The van der Waals surface area contributed by atoms with E-state index in [1.54, 1.807) is 24.8 Å². The fourth-order valence-corrected chi connectivity index (χ4v) is 5.02. The Kier molecular flexibility index (Phi) is 7.41. The molecule has 1 saturated heterocycles. The van der Waals surface area contributed by atoms with Crippen molar-refractivity contribution in [1.82, 2.24) is 4.90 Å². The van der Waals surface area contributed by atoms with Gasteiger partial charge >= 0.3 is 0 Å². The van der Waals surface area contributed by atoms with Gasteiger partial charge in [-0.2, -0.15) is 0 Å². The third kappa shape index (κ3) is 4.89. The summed E-state index contributed by atoms with van der Waals surface area (Å²) in [6.07, 6.45) is 3.65. The number of likely N-dealkylation sites (tertiary alicyclic amines) is 1. The molecule has 3 N–H and O–H groups in total. The van der Waals surface area contributed by atoms with Crippen LogP contribution in [0.2, 0.25) is 0 Å². The predicted molar refractivity (Wildman–Crippen MR) is 128 cm³/mol. The van der Waals surface area contributed by atoms with Crippen LogP contribution in [0.3, 0.4) is 0 Å². The Morgan fingerprint density at radius 2 is 1.94 bits per heavy atom. The van der Waals surface area contributed by atoms with E-state index in [-0.39, 0.29) is 17.6 Å². The molecular weight excluding hydrogens is 403 g/mol. The van der Waals surface area contributed by atoms with E-state index >= 15 is 4.39 Å². The van der Waals surface area contributed by atoms with Crippen molar-refractivity contribution in [2.45, 2.75) is 70.9 Å². The number of carbonyl (C=O) groups excluding carboxylic acids is 1. The summed E-state index contributed by atoms with van der Waals surface area (Å²) in [5.74, 6) is -0.648. The summed E-state index contributed by atoms with van der Waals surface area (Å²) >= 11 is 0. The zero-order valence-electron chi connectivity index (χ0n) is 19.8. The van der Waals surface area contributed by atoms with Crippen molar-refractivity contribution in [3.63, 3.8) is 0 Å². The first kappa shape index (κ1) is 24.4. The lowest BCUT2D eigenvalue weighted by molar-refractivity contribution is -0.141. The van der Waals surface area contributed by atoms with E-state index in [2.05, 4.69) is 6.92 Å². The van der Waals surface area contributed by atoms with Gasteiger partial charge in [0.1, 0.15) is 5.82 Å². The first-order valence-corrected chi connectivity index (χ1v) is 11.8. The number of aliphatic hydroxyl groups is 1. The van der Waals surface area contributed by atoms with Gasteiger partial charge in [0.15, 0.2) is 0 Å². The molecule has 5 heteroatoms. The Bertz CT molecular complexity index is 953. The molecule has 1 amide bonds. The standard InChI is InChI=1S/C27H37FN2O2/c1-5-15-27(32,21-12-9-16-30(18-21)25(31)26(3,4)29)22-13-8-14-23(28)24(22)20-11-7-10-19(6-2)17-20/h7-8,10-11,13-14,17,21,32H,5-6,9,12,15-16,18,29H2,1-4H3. The number of hydrogen-bond donors (Lipinski definition) is 2. The number of carbonyl (C=O) groups is 1. The highest BCUT2D eigenvalue weighted by molar-refractivity contribution is 5.85. The summed E-state index contributed by atoms with van der Waals surface area (Å²) in [4.78, 5) is 14.6. The zero-order chi connectivity index (χ0) is 23.5. The van der Waals surface area contributed by atoms with Crippen LogP contribution >= 0.6 is 0 Å². The van der Waals surface area contributed by atoms with Gasteiger partial charge in [0.05, 0.1) is 11.1 Å². The van der Waals surface area contributed by atoms with Crippen molar-refractivity contribution in [3.05, 3.63) is 59.4 Å². The second kappa shape index (κ2) is 9.72. The summed E-state index contributed by atoms with van der Waals surface area (Å²) in [5, 5.41) is 12.2. The quantitative estimate of drug-likeness (QED) is 0.635. The number of rotatable bonds is 7. The molecule has 2 unspecified atom stereocenters. The van der Waals surface area contributed by atoms with E-state index < -0.39 is 11.1 Å². The van der Waals surface area contributed by atoms with E-state index in [1.807, 2.05) is 37.3 Å². The lowest BCUT2D eigenvalue weighted by Crippen LogP contribution is -2.56. The minimum absolute atomic E-state index is 0.115. The molecule has 174 valence electrons. The second-order valence-electron chi connectivity index (χ2n) is 9.70. The van der Waals surface area contributed by atoms with Crippen molar-refractivity contribution in [1.29, 1.82) is 0 Å². The van der Waals surface area contributed by atoms with Gasteiger partial charge in [0.25, 0.3) is 0 Å². The van der Waals surface area contributed by atoms with Crippen LogP contribution in [0.1, 0.15) is 64.5 Å². The SMILES string of the molecule is CCCC(O)(c1cccc(F)c1-c1cccc(CC)c1)C1CCCN(C(=O)C(C)(C)N)C1. The molecule has 1 heterocycles. The van der Waals surface area contributed by atoms with E-state index in [1.165, 1.54) is 6.07 Å². The van der Waals surface area contributed by atoms with Crippen LogP contribution in [0.25, 0.3) is 11.1 Å². The molecule has 2 aromatic carbocycles. The Balaban J connectivity index is 2.08.